The second-order valence-corrected chi connectivity index (χ2v) is 7.21. The molecule has 3 aromatic rings. The van der Waals surface area contributed by atoms with Crippen molar-refractivity contribution in [1.82, 2.24) is 9.29 Å². The molecule has 1 aromatic carbocycles. The van der Waals surface area contributed by atoms with Crippen LogP contribution in [0.1, 0.15) is 5.76 Å². The number of pyridine rings is 1. The lowest BCUT2D eigenvalue weighted by Gasteiger charge is -2.08. The molecule has 7 heteroatoms. The number of para-hydroxylation sites is 1. The first-order valence-corrected chi connectivity index (χ1v) is 8.40. The molecular formula is C16H16N2O4S. The number of sulfonamides is 1. The molecule has 0 aliphatic rings. The summed E-state index contributed by atoms with van der Waals surface area (Å²) >= 11 is 0. The van der Waals surface area contributed by atoms with E-state index in [2.05, 4.69) is 4.98 Å². The van der Waals surface area contributed by atoms with Gasteiger partial charge in [-0.3, -0.25) is 4.98 Å². The molecule has 120 valence electrons. The third kappa shape index (κ3) is 3.06. The number of ether oxygens (including phenoxy) is 1. The smallest absolute Gasteiger partial charge is 0.275 e. The fraction of sp³-hybridized carbons (Fsp3) is 0.188. The van der Waals surface area contributed by atoms with Crippen LogP contribution in [0.4, 0.5) is 0 Å². The van der Waals surface area contributed by atoms with Crippen LogP contribution >= 0.6 is 0 Å². The summed E-state index contributed by atoms with van der Waals surface area (Å²) in [6.45, 7) is 0.124. The first kappa shape index (κ1) is 15.5. The van der Waals surface area contributed by atoms with E-state index in [9.17, 15) is 8.42 Å². The van der Waals surface area contributed by atoms with E-state index in [1.54, 1.807) is 12.3 Å². The Morgan fingerprint density at radius 1 is 1.13 bits per heavy atom. The number of benzene rings is 1. The van der Waals surface area contributed by atoms with Crippen molar-refractivity contribution in [2.24, 2.45) is 0 Å². The van der Waals surface area contributed by atoms with E-state index in [1.165, 1.54) is 20.2 Å². The highest BCUT2D eigenvalue weighted by atomic mass is 32.2. The molecule has 0 amide bonds. The normalized spacial score (nSPS) is 12.0. The first-order valence-electron chi connectivity index (χ1n) is 6.96. The standard InChI is InChI=1S/C16H16N2O4S/c1-18(2)23(19,20)15-9-8-13(22-15)11-21-14-7-3-5-12-6-4-10-17-16(12)14/h3-10H,11H2,1-2H3. The predicted octanol–water partition coefficient (Wildman–Crippen LogP) is 2.66. The van der Waals surface area contributed by atoms with Crippen LogP contribution in [-0.4, -0.2) is 31.8 Å². The lowest BCUT2D eigenvalue weighted by molar-refractivity contribution is 0.259. The van der Waals surface area contributed by atoms with Gasteiger partial charge < -0.3 is 9.15 Å². The van der Waals surface area contributed by atoms with Crippen molar-refractivity contribution in [3.8, 4) is 5.75 Å². The minimum absolute atomic E-state index is 0.0999. The van der Waals surface area contributed by atoms with Gasteiger partial charge in [0.05, 0.1) is 0 Å². The molecule has 0 saturated carbocycles. The molecule has 23 heavy (non-hydrogen) atoms. The molecule has 6 nitrogen and oxygen atoms in total. The van der Waals surface area contributed by atoms with Gasteiger partial charge in [-0.05, 0) is 24.3 Å². The Morgan fingerprint density at radius 2 is 1.91 bits per heavy atom. The van der Waals surface area contributed by atoms with Crippen LogP contribution in [-0.2, 0) is 16.6 Å². The SMILES string of the molecule is CN(C)S(=O)(=O)c1ccc(COc2cccc3cccnc23)o1. The average Bonchev–Trinajstić information content (AvgIpc) is 3.02. The largest absolute Gasteiger partial charge is 0.483 e. The molecule has 0 bridgehead atoms. The van der Waals surface area contributed by atoms with Crippen LogP contribution in [0.2, 0.25) is 0 Å². The molecule has 0 spiro atoms. The molecule has 0 aliphatic heterocycles. The topological polar surface area (TPSA) is 72.6 Å². The van der Waals surface area contributed by atoms with Gasteiger partial charge in [0.2, 0.25) is 5.09 Å². The number of fused-ring (bicyclic) bond motifs is 1. The summed E-state index contributed by atoms with van der Waals surface area (Å²) in [6.07, 6.45) is 1.70. The molecule has 0 fully saturated rings. The maximum Gasteiger partial charge on any atom is 0.275 e. The summed E-state index contributed by atoms with van der Waals surface area (Å²) in [6, 6.07) is 12.5. The van der Waals surface area contributed by atoms with Crippen LogP contribution in [0.3, 0.4) is 0 Å². The quantitative estimate of drug-likeness (QED) is 0.718. The van der Waals surface area contributed by atoms with Crippen molar-refractivity contribution in [1.29, 1.82) is 0 Å². The van der Waals surface area contributed by atoms with E-state index in [-0.39, 0.29) is 11.7 Å². The van der Waals surface area contributed by atoms with Gasteiger partial charge in [0, 0.05) is 25.7 Å². The monoisotopic (exact) mass is 332 g/mol. The van der Waals surface area contributed by atoms with Crippen LogP contribution in [0.15, 0.2) is 58.2 Å². The van der Waals surface area contributed by atoms with Gasteiger partial charge in [-0.1, -0.05) is 18.2 Å². The Hall–Kier alpha value is -2.38. The second kappa shape index (κ2) is 6.02. The van der Waals surface area contributed by atoms with Crippen LogP contribution < -0.4 is 4.74 Å². The molecule has 0 radical (unpaired) electrons. The highest BCUT2D eigenvalue weighted by Gasteiger charge is 2.21. The number of nitrogens with zero attached hydrogens (tertiary/aromatic N) is 2. The van der Waals surface area contributed by atoms with Gasteiger partial charge in [0.15, 0.2) is 0 Å². The Labute approximate surface area is 134 Å². The fourth-order valence-electron chi connectivity index (χ4n) is 2.10. The van der Waals surface area contributed by atoms with Crippen LogP contribution in [0.25, 0.3) is 10.9 Å². The number of rotatable bonds is 5. The van der Waals surface area contributed by atoms with Gasteiger partial charge in [0.1, 0.15) is 23.6 Å². The summed E-state index contributed by atoms with van der Waals surface area (Å²) in [5, 5.41) is 0.873. The van der Waals surface area contributed by atoms with Crippen molar-refractivity contribution in [3.63, 3.8) is 0 Å². The van der Waals surface area contributed by atoms with Gasteiger partial charge in [-0.15, -0.1) is 0 Å². The van der Waals surface area contributed by atoms with E-state index >= 15 is 0 Å². The van der Waals surface area contributed by atoms with Crippen molar-refractivity contribution in [2.45, 2.75) is 11.7 Å². The van der Waals surface area contributed by atoms with Crippen molar-refractivity contribution < 1.29 is 17.6 Å². The summed E-state index contributed by atoms with van der Waals surface area (Å²) in [4.78, 5) is 4.30. The van der Waals surface area contributed by atoms with Crippen LogP contribution in [0, 0.1) is 0 Å². The van der Waals surface area contributed by atoms with Gasteiger partial charge in [-0.2, -0.15) is 0 Å². The summed E-state index contributed by atoms with van der Waals surface area (Å²) in [5.74, 6) is 1.05. The Balaban J connectivity index is 1.80. The minimum atomic E-state index is -3.57. The molecule has 2 aromatic heterocycles. The number of aromatic nitrogens is 1. The molecule has 0 N–H and O–H groups in total. The molecular weight excluding hydrogens is 316 g/mol. The molecule has 3 rings (SSSR count). The van der Waals surface area contributed by atoms with E-state index in [0.717, 1.165) is 15.2 Å². The zero-order chi connectivity index (χ0) is 16.4. The molecule has 0 saturated heterocycles. The minimum Gasteiger partial charge on any atom is -0.483 e. The van der Waals surface area contributed by atoms with E-state index in [1.807, 2.05) is 30.3 Å². The summed E-state index contributed by atoms with van der Waals surface area (Å²) in [7, 11) is -0.667. The number of hydrogen-bond acceptors (Lipinski definition) is 5. The van der Waals surface area contributed by atoms with E-state index in [4.69, 9.17) is 9.15 Å². The first-order chi connectivity index (χ1) is 11.0. The lowest BCUT2D eigenvalue weighted by Crippen LogP contribution is -2.21. The molecule has 0 unspecified atom stereocenters. The molecule has 2 heterocycles. The zero-order valence-electron chi connectivity index (χ0n) is 12.8. The second-order valence-electron chi connectivity index (χ2n) is 5.13. The Morgan fingerprint density at radius 3 is 2.70 bits per heavy atom. The maximum absolute atomic E-state index is 12.0. The van der Waals surface area contributed by atoms with Crippen LogP contribution in [0.5, 0.6) is 5.75 Å². The van der Waals surface area contributed by atoms with E-state index in [0.29, 0.717) is 11.5 Å². The molecule has 0 atom stereocenters. The summed E-state index contributed by atoms with van der Waals surface area (Å²) in [5.41, 5.74) is 0.752. The third-order valence-electron chi connectivity index (χ3n) is 3.34. The highest BCUT2D eigenvalue weighted by Crippen LogP contribution is 2.24. The Kier molecular flexibility index (Phi) is 4.06. The van der Waals surface area contributed by atoms with Crippen molar-refractivity contribution >= 4 is 20.9 Å². The number of hydrogen-bond donors (Lipinski definition) is 0. The Bertz CT molecular complexity index is 927. The van der Waals surface area contributed by atoms with Crippen molar-refractivity contribution in [3.05, 3.63) is 54.4 Å². The highest BCUT2D eigenvalue weighted by molar-refractivity contribution is 7.88. The zero-order valence-corrected chi connectivity index (χ0v) is 13.6. The predicted molar refractivity (Wildman–Crippen MR) is 85.7 cm³/mol. The number of furan rings is 1. The average molecular weight is 332 g/mol. The van der Waals surface area contributed by atoms with Gasteiger partial charge in [-0.25, -0.2) is 12.7 Å². The maximum atomic E-state index is 12.0. The fourth-order valence-corrected chi connectivity index (χ4v) is 2.91. The van der Waals surface area contributed by atoms with Gasteiger partial charge >= 0.3 is 0 Å². The third-order valence-corrected chi connectivity index (χ3v) is 5.03. The van der Waals surface area contributed by atoms with Crippen molar-refractivity contribution in [2.75, 3.05) is 14.1 Å². The van der Waals surface area contributed by atoms with Gasteiger partial charge in [0.25, 0.3) is 10.0 Å². The van der Waals surface area contributed by atoms with E-state index < -0.39 is 10.0 Å². The summed E-state index contributed by atoms with van der Waals surface area (Å²) < 4.78 is 36.1. The lowest BCUT2D eigenvalue weighted by atomic mass is 10.2. The molecule has 0 aliphatic carbocycles.